The van der Waals surface area contributed by atoms with E-state index in [4.69, 9.17) is 9.47 Å². The van der Waals surface area contributed by atoms with Crippen LogP contribution in [-0.4, -0.2) is 24.3 Å². The molecule has 33 heavy (non-hydrogen) atoms. The second-order valence-electron chi connectivity index (χ2n) is 7.18. The van der Waals surface area contributed by atoms with Crippen molar-refractivity contribution in [3.63, 3.8) is 0 Å². The molecule has 0 fully saturated rings. The highest BCUT2D eigenvalue weighted by molar-refractivity contribution is 14.1. The van der Waals surface area contributed by atoms with Gasteiger partial charge in [-0.25, -0.2) is 5.43 Å². The number of nitrogens with zero attached hydrogens (tertiary/aromatic N) is 1. The molecular formula is C26H21IN2O4. The number of hydrazone groups is 1. The van der Waals surface area contributed by atoms with E-state index in [0.29, 0.717) is 18.1 Å². The van der Waals surface area contributed by atoms with E-state index in [-0.39, 0.29) is 11.3 Å². The predicted molar refractivity (Wildman–Crippen MR) is 137 cm³/mol. The van der Waals surface area contributed by atoms with Crippen molar-refractivity contribution in [3.05, 3.63) is 99.1 Å². The minimum Gasteiger partial charge on any atom is -0.507 e. The Kier molecular flexibility index (Phi) is 7.09. The third-order valence-corrected chi connectivity index (χ3v) is 5.83. The van der Waals surface area contributed by atoms with Crippen molar-refractivity contribution in [1.82, 2.24) is 5.43 Å². The molecule has 4 aromatic carbocycles. The first-order valence-corrected chi connectivity index (χ1v) is 11.2. The first-order valence-electron chi connectivity index (χ1n) is 10.1. The van der Waals surface area contributed by atoms with Crippen LogP contribution < -0.4 is 14.9 Å². The van der Waals surface area contributed by atoms with E-state index in [1.807, 2.05) is 24.3 Å². The third kappa shape index (κ3) is 5.25. The molecule has 0 aliphatic carbocycles. The summed E-state index contributed by atoms with van der Waals surface area (Å²) in [7, 11) is 1.58. The highest BCUT2D eigenvalue weighted by Gasteiger charge is 2.13. The van der Waals surface area contributed by atoms with Gasteiger partial charge in [0.1, 0.15) is 12.4 Å². The van der Waals surface area contributed by atoms with Crippen LogP contribution in [0.5, 0.6) is 17.2 Å². The van der Waals surface area contributed by atoms with Gasteiger partial charge in [-0.15, -0.1) is 0 Å². The normalized spacial score (nSPS) is 11.0. The van der Waals surface area contributed by atoms with Crippen LogP contribution in [0.4, 0.5) is 0 Å². The number of halogens is 1. The maximum atomic E-state index is 12.2. The van der Waals surface area contributed by atoms with Crippen LogP contribution in [0.2, 0.25) is 0 Å². The van der Waals surface area contributed by atoms with Gasteiger partial charge in [0.15, 0.2) is 11.5 Å². The van der Waals surface area contributed by atoms with Gasteiger partial charge in [0.25, 0.3) is 5.91 Å². The van der Waals surface area contributed by atoms with E-state index in [0.717, 1.165) is 25.5 Å². The molecule has 2 N–H and O–H groups in total. The number of carbonyl (C=O) groups excluding carboxylic acids is 1. The summed E-state index contributed by atoms with van der Waals surface area (Å²) >= 11 is 2.19. The van der Waals surface area contributed by atoms with Crippen LogP contribution in [-0.2, 0) is 6.61 Å². The lowest BCUT2D eigenvalue weighted by atomic mass is 10.1. The number of aromatic hydroxyl groups is 1. The van der Waals surface area contributed by atoms with Gasteiger partial charge in [0, 0.05) is 0 Å². The SMILES string of the molecule is COc1cc(/C=N/NC(=O)c2ccccc2O)cc(I)c1OCc1cccc2ccccc12. The standard InChI is InChI=1S/C26H21IN2O4/c1-32-24-14-17(15-28-29-26(31)21-11-4-5-12-23(21)30)13-22(27)25(24)33-16-19-9-6-8-18-7-2-3-10-20(18)19/h2-15,30H,16H2,1H3,(H,29,31)/b28-15+. The Hall–Kier alpha value is -3.59. The van der Waals surface area contributed by atoms with Crippen LogP contribution >= 0.6 is 22.6 Å². The zero-order chi connectivity index (χ0) is 23.2. The summed E-state index contributed by atoms with van der Waals surface area (Å²) in [5.74, 6) is 0.604. The lowest BCUT2D eigenvalue weighted by Gasteiger charge is -2.14. The monoisotopic (exact) mass is 552 g/mol. The first-order chi connectivity index (χ1) is 16.1. The molecule has 0 unspecified atom stereocenters. The van der Waals surface area contributed by atoms with Crippen LogP contribution in [0.1, 0.15) is 21.5 Å². The summed E-state index contributed by atoms with van der Waals surface area (Å²) in [5.41, 5.74) is 4.39. The number of amides is 1. The molecular weight excluding hydrogens is 531 g/mol. The Morgan fingerprint density at radius 3 is 2.64 bits per heavy atom. The number of carbonyl (C=O) groups is 1. The van der Waals surface area contributed by atoms with E-state index >= 15 is 0 Å². The highest BCUT2D eigenvalue weighted by Crippen LogP contribution is 2.34. The molecule has 7 heteroatoms. The van der Waals surface area contributed by atoms with Crippen molar-refractivity contribution in [1.29, 1.82) is 0 Å². The van der Waals surface area contributed by atoms with Crippen molar-refractivity contribution in [3.8, 4) is 17.2 Å². The molecule has 0 saturated carbocycles. The average molecular weight is 552 g/mol. The number of phenolic OH excluding ortho intramolecular Hbond substituents is 1. The highest BCUT2D eigenvalue weighted by atomic mass is 127. The molecule has 0 aromatic heterocycles. The van der Waals surface area contributed by atoms with Crippen molar-refractivity contribution in [2.75, 3.05) is 7.11 Å². The summed E-state index contributed by atoms with van der Waals surface area (Å²) in [6.07, 6.45) is 1.51. The number of hydrogen-bond acceptors (Lipinski definition) is 5. The molecule has 0 spiro atoms. The topological polar surface area (TPSA) is 80.2 Å². The minimum absolute atomic E-state index is 0.103. The quantitative estimate of drug-likeness (QED) is 0.180. The maximum absolute atomic E-state index is 12.2. The van der Waals surface area contributed by atoms with Gasteiger partial charge in [0.05, 0.1) is 22.5 Å². The fourth-order valence-electron chi connectivity index (χ4n) is 3.41. The molecule has 0 radical (unpaired) electrons. The summed E-state index contributed by atoms with van der Waals surface area (Å²) in [6, 6.07) is 24.3. The second-order valence-corrected chi connectivity index (χ2v) is 8.34. The molecule has 0 saturated heterocycles. The van der Waals surface area contributed by atoms with Gasteiger partial charge in [-0.2, -0.15) is 5.10 Å². The Bertz CT molecular complexity index is 1330. The largest absolute Gasteiger partial charge is 0.507 e. The molecule has 0 heterocycles. The van der Waals surface area contributed by atoms with Crippen LogP contribution in [0.25, 0.3) is 10.8 Å². The molecule has 0 atom stereocenters. The molecule has 1 amide bonds. The van der Waals surface area contributed by atoms with Crippen molar-refractivity contribution in [2.24, 2.45) is 5.10 Å². The van der Waals surface area contributed by atoms with E-state index in [9.17, 15) is 9.90 Å². The number of benzene rings is 4. The van der Waals surface area contributed by atoms with Gasteiger partial charge in [0.2, 0.25) is 0 Å². The van der Waals surface area contributed by atoms with Gasteiger partial charge < -0.3 is 14.6 Å². The summed E-state index contributed by atoms with van der Waals surface area (Å²) in [5, 5.41) is 16.1. The van der Waals surface area contributed by atoms with Crippen molar-refractivity contribution >= 4 is 45.5 Å². The fraction of sp³-hybridized carbons (Fsp3) is 0.0769. The Morgan fingerprint density at radius 2 is 1.82 bits per heavy atom. The smallest absolute Gasteiger partial charge is 0.275 e. The van der Waals surface area contributed by atoms with E-state index in [1.165, 1.54) is 18.3 Å². The molecule has 4 aromatic rings. The second kappa shape index (κ2) is 10.4. The number of ether oxygens (including phenoxy) is 2. The lowest BCUT2D eigenvalue weighted by molar-refractivity contribution is 0.0952. The molecule has 0 bridgehead atoms. The van der Waals surface area contributed by atoms with Crippen molar-refractivity contribution < 1.29 is 19.4 Å². The lowest BCUT2D eigenvalue weighted by Crippen LogP contribution is -2.17. The van der Waals surface area contributed by atoms with E-state index in [2.05, 4.69) is 57.4 Å². The van der Waals surface area contributed by atoms with E-state index < -0.39 is 5.91 Å². The van der Waals surface area contributed by atoms with Crippen LogP contribution in [0, 0.1) is 3.57 Å². The maximum Gasteiger partial charge on any atom is 0.275 e. The van der Waals surface area contributed by atoms with Gasteiger partial charge in [-0.1, -0.05) is 54.6 Å². The average Bonchev–Trinajstić information content (AvgIpc) is 2.83. The predicted octanol–water partition coefficient (Wildman–Crippen LogP) is 5.50. The number of para-hydroxylation sites is 1. The number of hydrogen-bond donors (Lipinski definition) is 2. The fourth-order valence-corrected chi connectivity index (χ4v) is 4.20. The van der Waals surface area contributed by atoms with Gasteiger partial charge in [-0.3, -0.25) is 4.79 Å². The minimum atomic E-state index is -0.499. The molecule has 0 aliphatic heterocycles. The first kappa shape index (κ1) is 22.6. The summed E-state index contributed by atoms with van der Waals surface area (Å²) in [4.78, 5) is 12.2. The molecule has 6 nitrogen and oxygen atoms in total. The Balaban J connectivity index is 1.49. The number of nitrogens with one attached hydrogen (secondary N) is 1. The third-order valence-electron chi connectivity index (χ3n) is 5.03. The number of methoxy groups -OCH3 is 1. The Labute approximate surface area is 205 Å². The van der Waals surface area contributed by atoms with Gasteiger partial charge in [-0.05, 0) is 68.8 Å². The Morgan fingerprint density at radius 1 is 1.06 bits per heavy atom. The number of rotatable bonds is 7. The van der Waals surface area contributed by atoms with E-state index in [1.54, 1.807) is 25.3 Å². The summed E-state index contributed by atoms with van der Waals surface area (Å²) in [6.45, 7) is 0.401. The van der Waals surface area contributed by atoms with Crippen LogP contribution in [0.15, 0.2) is 84.0 Å². The number of fused-ring (bicyclic) bond motifs is 1. The molecule has 166 valence electrons. The van der Waals surface area contributed by atoms with Crippen molar-refractivity contribution in [2.45, 2.75) is 6.61 Å². The molecule has 4 rings (SSSR count). The zero-order valence-electron chi connectivity index (χ0n) is 17.8. The zero-order valence-corrected chi connectivity index (χ0v) is 19.9. The number of phenols is 1. The summed E-state index contributed by atoms with van der Waals surface area (Å²) < 4.78 is 12.5. The van der Waals surface area contributed by atoms with Gasteiger partial charge >= 0.3 is 0 Å². The molecule has 0 aliphatic rings. The van der Waals surface area contributed by atoms with Crippen LogP contribution in [0.3, 0.4) is 0 Å².